The van der Waals surface area contributed by atoms with Crippen molar-refractivity contribution in [2.75, 3.05) is 13.1 Å². The Kier molecular flexibility index (Phi) is 5.20. The summed E-state index contributed by atoms with van der Waals surface area (Å²) in [6.07, 6.45) is 1.46. The fraction of sp³-hybridized carbons (Fsp3) is 0.316. The van der Waals surface area contributed by atoms with Gasteiger partial charge in [0.15, 0.2) is 0 Å². The molecule has 0 aromatic heterocycles. The molecule has 3 nitrogen and oxygen atoms in total. The van der Waals surface area contributed by atoms with Crippen LogP contribution < -0.4 is 0 Å². The molecular formula is C19H19F2NO2. The summed E-state index contributed by atoms with van der Waals surface area (Å²) in [4.78, 5) is 14.2. The summed E-state index contributed by atoms with van der Waals surface area (Å²) in [7, 11) is 0. The number of piperidine rings is 1. The second kappa shape index (κ2) is 7.53. The molecule has 0 bridgehead atoms. The van der Waals surface area contributed by atoms with Gasteiger partial charge in [-0.15, -0.1) is 0 Å². The van der Waals surface area contributed by atoms with Gasteiger partial charge in [-0.1, -0.05) is 18.2 Å². The van der Waals surface area contributed by atoms with E-state index in [0.717, 1.165) is 31.0 Å². The number of amides is 1. The van der Waals surface area contributed by atoms with Crippen molar-refractivity contribution in [3.8, 4) is 0 Å². The van der Waals surface area contributed by atoms with Crippen LogP contribution in [0.15, 0.2) is 48.5 Å². The summed E-state index contributed by atoms with van der Waals surface area (Å²) in [6, 6.07) is 12.4. The second-order valence-corrected chi connectivity index (χ2v) is 5.93. The Bertz CT molecular complexity index is 706. The minimum Gasteiger partial charge on any atom is -0.372 e. The normalized spacial score (nSPS) is 17.8. The van der Waals surface area contributed by atoms with E-state index in [9.17, 15) is 13.6 Å². The topological polar surface area (TPSA) is 29.5 Å². The smallest absolute Gasteiger partial charge is 0.253 e. The molecule has 2 aromatic carbocycles. The van der Waals surface area contributed by atoms with E-state index in [1.165, 1.54) is 0 Å². The van der Waals surface area contributed by atoms with E-state index in [2.05, 4.69) is 0 Å². The molecule has 0 saturated carbocycles. The van der Waals surface area contributed by atoms with Crippen molar-refractivity contribution in [3.05, 3.63) is 71.3 Å². The van der Waals surface area contributed by atoms with E-state index in [-0.39, 0.29) is 24.2 Å². The number of carbonyl (C=O) groups excluding carboxylic acids is 1. The van der Waals surface area contributed by atoms with Gasteiger partial charge in [-0.3, -0.25) is 4.79 Å². The summed E-state index contributed by atoms with van der Waals surface area (Å²) in [6.45, 7) is 1.15. The van der Waals surface area contributed by atoms with Crippen LogP contribution in [0.2, 0.25) is 0 Å². The van der Waals surface area contributed by atoms with Gasteiger partial charge in [-0.2, -0.15) is 0 Å². The standard InChI is InChI=1S/C19H19F2NO2/c20-16-8-9-18(21)15(11-16)13-24-17-7-4-10-22(12-17)19(23)14-5-2-1-3-6-14/h1-3,5-6,8-9,11,17H,4,7,10,12-13H2. The van der Waals surface area contributed by atoms with Gasteiger partial charge in [-0.25, -0.2) is 8.78 Å². The Morgan fingerprint density at radius 2 is 1.96 bits per heavy atom. The Hall–Kier alpha value is -2.27. The van der Waals surface area contributed by atoms with E-state index in [1.54, 1.807) is 17.0 Å². The lowest BCUT2D eigenvalue weighted by molar-refractivity contribution is -0.00769. The summed E-state index contributed by atoms with van der Waals surface area (Å²) in [5.41, 5.74) is 0.843. The number of nitrogens with zero attached hydrogens (tertiary/aromatic N) is 1. The minimum atomic E-state index is -0.487. The van der Waals surface area contributed by atoms with E-state index in [1.807, 2.05) is 18.2 Å². The maximum absolute atomic E-state index is 13.6. The molecule has 1 fully saturated rings. The van der Waals surface area contributed by atoms with Gasteiger partial charge in [0, 0.05) is 24.2 Å². The highest BCUT2D eigenvalue weighted by Crippen LogP contribution is 2.19. The molecule has 1 atom stereocenters. The van der Waals surface area contributed by atoms with Gasteiger partial charge in [-0.05, 0) is 43.2 Å². The fourth-order valence-corrected chi connectivity index (χ4v) is 2.88. The van der Waals surface area contributed by atoms with Crippen molar-refractivity contribution >= 4 is 5.91 Å². The molecule has 5 heteroatoms. The van der Waals surface area contributed by atoms with E-state index < -0.39 is 11.6 Å². The zero-order valence-corrected chi connectivity index (χ0v) is 13.3. The van der Waals surface area contributed by atoms with Gasteiger partial charge in [0.05, 0.1) is 12.7 Å². The number of carbonyl (C=O) groups is 1. The SMILES string of the molecule is O=C(c1ccccc1)N1CCCC(OCc2cc(F)ccc2F)C1. The molecule has 0 N–H and O–H groups in total. The average molecular weight is 331 g/mol. The Morgan fingerprint density at radius 3 is 2.75 bits per heavy atom. The maximum Gasteiger partial charge on any atom is 0.253 e. The van der Waals surface area contributed by atoms with Crippen LogP contribution in [0.5, 0.6) is 0 Å². The lowest BCUT2D eigenvalue weighted by Gasteiger charge is -2.32. The monoisotopic (exact) mass is 331 g/mol. The molecule has 1 heterocycles. The summed E-state index contributed by atoms with van der Waals surface area (Å²) >= 11 is 0. The van der Waals surface area contributed by atoms with Crippen LogP contribution in [0.1, 0.15) is 28.8 Å². The Balaban J connectivity index is 1.59. The molecule has 3 rings (SSSR count). The Morgan fingerprint density at radius 1 is 1.17 bits per heavy atom. The van der Waals surface area contributed by atoms with Gasteiger partial charge in [0.2, 0.25) is 0 Å². The average Bonchev–Trinajstić information content (AvgIpc) is 2.63. The van der Waals surface area contributed by atoms with Gasteiger partial charge in [0.1, 0.15) is 11.6 Å². The summed E-state index contributed by atoms with van der Waals surface area (Å²) in [5.74, 6) is -0.996. The highest BCUT2D eigenvalue weighted by Gasteiger charge is 2.25. The molecule has 0 spiro atoms. The van der Waals surface area contributed by atoms with Crippen molar-refractivity contribution in [1.29, 1.82) is 0 Å². The first-order valence-electron chi connectivity index (χ1n) is 8.03. The molecule has 126 valence electrons. The number of benzene rings is 2. The highest BCUT2D eigenvalue weighted by atomic mass is 19.1. The number of rotatable bonds is 4. The van der Waals surface area contributed by atoms with Crippen LogP contribution in [0, 0.1) is 11.6 Å². The van der Waals surface area contributed by atoms with Crippen LogP contribution in [0.25, 0.3) is 0 Å². The number of hydrogen-bond donors (Lipinski definition) is 0. The van der Waals surface area contributed by atoms with Crippen molar-refractivity contribution < 1.29 is 18.3 Å². The third kappa shape index (κ3) is 3.97. The third-order valence-electron chi connectivity index (χ3n) is 4.17. The molecule has 1 saturated heterocycles. The van der Waals surface area contributed by atoms with Gasteiger partial charge in [0.25, 0.3) is 5.91 Å². The minimum absolute atomic E-state index is 0.00161. The predicted octanol–water partition coefficient (Wildman–Crippen LogP) is 3.79. The first kappa shape index (κ1) is 16.6. The zero-order chi connectivity index (χ0) is 16.9. The fourth-order valence-electron chi connectivity index (χ4n) is 2.88. The van der Waals surface area contributed by atoms with Crippen LogP contribution in [-0.4, -0.2) is 30.0 Å². The van der Waals surface area contributed by atoms with E-state index in [0.29, 0.717) is 18.7 Å². The number of likely N-dealkylation sites (tertiary alicyclic amines) is 1. The molecule has 24 heavy (non-hydrogen) atoms. The summed E-state index contributed by atoms with van der Waals surface area (Å²) in [5, 5.41) is 0. The van der Waals surface area contributed by atoms with Crippen molar-refractivity contribution in [1.82, 2.24) is 4.90 Å². The molecule has 2 aromatic rings. The number of hydrogen-bond acceptors (Lipinski definition) is 2. The zero-order valence-electron chi connectivity index (χ0n) is 13.3. The lowest BCUT2D eigenvalue weighted by atomic mass is 10.1. The molecule has 1 aliphatic rings. The molecule has 1 amide bonds. The van der Waals surface area contributed by atoms with Crippen LogP contribution in [0.4, 0.5) is 8.78 Å². The maximum atomic E-state index is 13.6. The first-order valence-corrected chi connectivity index (χ1v) is 8.03. The molecular weight excluding hydrogens is 312 g/mol. The van der Waals surface area contributed by atoms with Crippen molar-refractivity contribution in [2.24, 2.45) is 0 Å². The Labute approximate surface area is 139 Å². The van der Waals surface area contributed by atoms with Crippen LogP contribution in [-0.2, 0) is 11.3 Å². The largest absolute Gasteiger partial charge is 0.372 e. The van der Waals surface area contributed by atoms with E-state index in [4.69, 9.17) is 4.74 Å². The molecule has 1 aliphatic heterocycles. The van der Waals surface area contributed by atoms with E-state index >= 15 is 0 Å². The summed E-state index contributed by atoms with van der Waals surface area (Å²) < 4.78 is 32.6. The molecule has 1 unspecified atom stereocenters. The van der Waals surface area contributed by atoms with Crippen molar-refractivity contribution in [3.63, 3.8) is 0 Å². The van der Waals surface area contributed by atoms with Crippen LogP contribution >= 0.6 is 0 Å². The number of ether oxygens (including phenoxy) is 1. The predicted molar refractivity (Wildman–Crippen MR) is 86.5 cm³/mol. The van der Waals surface area contributed by atoms with Gasteiger partial charge < -0.3 is 9.64 Å². The highest BCUT2D eigenvalue weighted by molar-refractivity contribution is 5.94. The lowest BCUT2D eigenvalue weighted by Crippen LogP contribution is -2.43. The molecule has 0 radical (unpaired) electrons. The number of halogens is 2. The molecule has 0 aliphatic carbocycles. The second-order valence-electron chi connectivity index (χ2n) is 5.93. The third-order valence-corrected chi connectivity index (χ3v) is 4.17. The van der Waals surface area contributed by atoms with Crippen LogP contribution in [0.3, 0.4) is 0 Å². The van der Waals surface area contributed by atoms with Gasteiger partial charge >= 0.3 is 0 Å². The van der Waals surface area contributed by atoms with Crippen molar-refractivity contribution in [2.45, 2.75) is 25.6 Å². The first-order chi connectivity index (χ1) is 11.6. The quantitative estimate of drug-likeness (QED) is 0.853.